The fourth-order valence-electron chi connectivity index (χ4n) is 1.62. The number of nitrogens with one attached hydrogen (secondary N) is 3. The Balaban J connectivity index is 4.66. The summed E-state index contributed by atoms with van der Waals surface area (Å²) in [6.07, 6.45) is -1.05. The quantitative estimate of drug-likeness (QED) is 0.175. The number of nitrogens with two attached hydrogens (primary N) is 2. The minimum atomic E-state index is -1.52. The summed E-state index contributed by atoms with van der Waals surface area (Å²) in [5, 5.41) is 23.4. The lowest BCUT2D eigenvalue weighted by atomic mass is 10.1. The molecule has 0 radical (unpaired) electrons. The van der Waals surface area contributed by atoms with Crippen LogP contribution in [0.2, 0.25) is 0 Å². The van der Waals surface area contributed by atoms with Crippen molar-refractivity contribution < 1.29 is 39.0 Å². The minimum Gasteiger partial charge on any atom is -0.481 e. The summed E-state index contributed by atoms with van der Waals surface area (Å²) in [4.78, 5) is 66.9. The highest BCUT2D eigenvalue weighted by molar-refractivity contribution is 5.94. The molecule has 13 heteroatoms. The molecule has 9 N–H and O–H groups in total. The van der Waals surface area contributed by atoms with Crippen LogP contribution in [-0.4, -0.2) is 71.0 Å². The molecule has 0 aliphatic carbocycles. The summed E-state index contributed by atoms with van der Waals surface area (Å²) < 4.78 is 0. The van der Waals surface area contributed by atoms with E-state index in [0.717, 1.165) is 0 Å². The topological polar surface area (TPSA) is 231 Å². The summed E-state index contributed by atoms with van der Waals surface area (Å²) in [7, 11) is 0. The van der Waals surface area contributed by atoms with E-state index in [1.54, 1.807) is 0 Å². The van der Waals surface area contributed by atoms with E-state index in [1.807, 2.05) is 5.32 Å². The largest absolute Gasteiger partial charge is 0.481 e. The van der Waals surface area contributed by atoms with Crippen molar-refractivity contribution in [2.75, 3.05) is 13.1 Å². The van der Waals surface area contributed by atoms with E-state index in [4.69, 9.17) is 21.7 Å². The van der Waals surface area contributed by atoms with Gasteiger partial charge in [0.25, 0.3) is 0 Å². The van der Waals surface area contributed by atoms with Crippen molar-refractivity contribution in [2.24, 2.45) is 11.5 Å². The molecule has 0 bridgehead atoms. The number of carboxylic acids is 2. The van der Waals surface area contributed by atoms with Gasteiger partial charge in [-0.05, 0) is 6.42 Å². The number of rotatable bonds is 12. The second kappa shape index (κ2) is 11.4. The molecule has 146 valence electrons. The van der Waals surface area contributed by atoms with Crippen LogP contribution < -0.4 is 27.4 Å². The van der Waals surface area contributed by atoms with E-state index in [2.05, 4.69) is 10.6 Å². The second-order valence-electron chi connectivity index (χ2n) is 5.16. The van der Waals surface area contributed by atoms with Crippen molar-refractivity contribution in [3.05, 3.63) is 0 Å². The van der Waals surface area contributed by atoms with E-state index in [9.17, 15) is 28.8 Å². The molecule has 0 saturated carbocycles. The Kier molecular flexibility index (Phi) is 9.95. The number of hydrogen-bond donors (Lipinski definition) is 7. The average Bonchev–Trinajstić information content (AvgIpc) is 2.54. The van der Waals surface area contributed by atoms with Crippen molar-refractivity contribution in [3.63, 3.8) is 0 Å². The number of carbonyl (C=O) groups excluding carboxylic acids is 4. The molecule has 0 aromatic carbocycles. The summed E-state index contributed by atoms with van der Waals surface area (Å²) >= 11 is 0. The highest BCUT2D eigenvalue weighted by Crippen LogP contribution is 1.98. The van der Waals surface area contributed by atoms with Crippen LogP contribution in [0, 0.1) is 0 Å². The van der Waals surface area contributed by atoms with E-state index < -0.39 is 67.2 Å². The van der Waals surface area contributed by atoms with E-state index in [-0.39, 0.29) is 12.8 Å². The van der Waals surface area contributed by atoms with Gasteiger partial charge in [0, 0.05) is 6.42 Å². The number of primary amides is 1. The Morgan fingerprint density at radius 3 is 2.00 bits per heavy atom. The number of aliphatic carboxylic acids is 2. The molecule has 13 nitrogen and oxygen atoms in total. The van der Waals surface area contributed by atoms with Crippen LogP contribution in [0.3, 0.4) is 0 Å². The fraction of sp³-hybridized carbons (Fsp3) is 0.538. The molecule has 0 rings (SSSR count). The van der Waals surface area contributed by atoms with Gasteiger partial charge in [-0.25, -0.2) is 0 Å². The first-order chi connectivity index (χ1) is 12.0. The van der Waals surface area contributed by atoms with Gasteiger partial charge >= 0.3 is 11.9 Å². The lowest BCUT2D eigenvalue weighted by molar-refractivity contribution is -0.141. The lowest BCUT2D eigenvalue weighted by Crippen LogP contribution is -2.53. The fourth-order valence-corrected chi connectivity index (χ4v) is 1.62. The van der Waals surface area contributed by atoms with E-state index in [1.165, 1.54) is 0 Å². The highest BCUT2D eigenvalue weighted by Gasteiger charge is 2.26. The third-order valence-electron chi connectivity index (χ3n) is 2.91. The second-order valence-corrected chi connectivity index (χ2v) is 5.16. The molecular formula is C13H21N5O8. The molecule has 2 unspecified atom stereocenters. The van der Waals surface area contributed by atoms with Crippen molar-refractivity contribution in [2.45, 2.75) is 31.3 Å². The number of carboxylic acid groups (broad SMARTS) is 2. The first-order valence-corrected chi connectivity index (χ1v) is 7.35. The smallest absolute Gasteiger partial charge is 0.322 e. The summed E-state index contributed by atoms with van der Waals surface area (Å²) in [5.41, 5.74) is 10.4. The molecule has 0 heterocycles. The standard InChI is InChI=1S/C13H21N5O8/c14-6(1-2-8(15)19)12(25)18-7(3-10(21)22)13(26)17-4-9(20)16-5-11(23)24/h6-7H,1-5,14H2,(H2,15,19)(H,16,20)(H,17,26)(H,18,25)(H,21,22)(H,23,24). The molecule has 0 saturated heterocycles. The van der Waals surface area contributed by atoms with Crippen LogP contribution >= 0.6 is 0 Å². The van der Waals surface area contributed by atoms with Gasteiger partial charge in [-0.15, -0.1) is 0 Å². The zero-order valence-electron chi connectivity index (χ0n) is 13.7. The van der Waals surface area contributed by atoms with Crippen LogP contribution in [0.15, 0.2) is 0 Å². The Morgan fingerprint density at radius 2 is 1.50 bits per heavy atom. The molecule has 0 fully saturated rings. The van der Waals surface area contributed by atoms with Gasteiger partial charge in [0.1, 0.15) is 12.6 Å². The van der Waals surface area contributed by atoms with Gasteiger partial charge in [0.2, 0.25) is 23.6 Å². The molecular weight excluding hydrogens is 354 g/mol. The normalized spacial score (nSPS) is 12.3. The Hall–Kier alpha value is -3.22. The summed E-state index contributed by atoms with van der Waals surface area (Å²) in [6.45, 7) is -1.27. The van der Waals surface area contributed by atoms with Crippen LogP contribution in [0.4, 0.5) is 0 Å². The van der Waals surface area contributed by atoms with Crippen molar-refractivity contribution in [1.82, 2.24) is 16.0 Å². The van der Waals surface area contributed by atoms with Gasteiger partial charge in [-0.1, -0.05) is 0 Å². The predicted octanol–water partition coefficient (Wildman–Crippen LogP) is -4.14. The lowest BCUT2D eigenvalue weighted by Gasteiger charge is -2.19. The zero-order chi connectivity index (χ0) is 20.3. The van der Waals surface area contributed by atoms with Crippen LogP contribution in [0.1, 0.15) is 19.3 Å². The molecule has 0 aliphatic heterocycles. The van der Waals surface area contributed by atoms with Gasteiger partial charge in [-0.3, -0.25) is 28.8 Å². The third kappa shape index (κ3) is 10.5. The average molecular weight is 375 g/mol. The highest BCUT2D eigenvalue weighted by atomic mass is 16.4. The van der Waals surface area contributed by atoms with Gasteiger partial charge in [0.05, 0.1) is 19.0 Å². The number of carbonyl (C=O) groups is 6. The zero-order valence-corrected chi connectivity index (χ0v) is 13.7. The van der Waals surface area contributed by atoms with Crippen LogP contribution in [0.5, 0.6) is 0 Å². The third-order valence-corrected chi connectivity index (χ3v) is 2.91. The van der Waals surface area contributed by atoms with Crippen molar-refractivity contribution in [1.29, 1.82) is 0 Å². The number of amides is 4. The molecule has 4 amide bonds. The predicted molar refractivity (Wildman–Crippen MR) is 84.2 cm³/mol. The van der Waals surface area contributed by atoms with E-state index in [0.29, 0.717) is 0 Å². The summed E-state index contributed by atoms with van der Waals surface area (Å²) in [5.74, 6) is -6.03. The molecule has 0 spiro atoms. The maximum absolute atomic E-state index is 11.9. The van der Waals surface area contributed by atoms with Crippen molar-refractivity contribution in [3.8, 4) is 0 Å². The summed E-state index contributed by atoms with van der Waals surface area (Å²) in [6, 6.07) is -2.71. The number of hydrogen-bond acceptors (Lipinski definition) is 7. The van der Waals surface area contributed by atoms with Gasteiger partial charge < -0.3 is 37.6 Å². The molecule has 2 atom stereocenters. The SMILES string of the molecule is NC(=O)CCC(N)C(=O)NC(CC(=O)O)C(=O)NCC(=O)NCC(=O)O. The molecule has 26 heavy (non-hydrogen) atoms. The Bertz CT molecular complexity index is 579. The van der Waals surface area contributed by atoms with Gasteiger partial charge in [-0.2, -0.15) is 0 Å². The first-order valence-electron chi connectivity index (χ1n) is 7.35. The first kappa shape index (κ1) is 22.8. The van der Waals surface area contributed by atoms with Crippen molar-refractivity contribution >= 4 is 35.6 Å². The molecule has 0 aromatic heterocycles. The maximum Gasteiger partial charge on any atom is 0.322 e. The Morgan fingerprint density at radius 1 is 0.885 bits per heavy atom. The minimum absolute atomic E-state index is 0.0971. The molecule has 0 aliphatic rings. The molecule has 0 aromatic rings. The van der Waals surface area contributed by atoms with Crippen LogP contribution in [-0.2, 0) is 28.8 Å². The van der Waals surface area contributed by atoms with E-state index >= 15 is 0 Å². The Labute approximate surface area is 147 Å². The van der Waals surface area contributed by atoms with Gasteiger partial charge in [0.15, 0.2) is 0 Å². The maximum atomic E-state index is 11.9. The monoisotopic (exact) mass is 375 g/mol. The van der Waals surface area contributed by atoms with Crippen LogP contribution in [0.25, 0.3) is 0 Å².